The zero-order valence-electron chi connectivity index (χ0n) is 18.6. The molecule has 3 amide bonds. The van der Waals surface area contributed by atoms with Gasteiger partial charge in [0.2, 0.25) is 11.8 Å². The Morgan fingerprint density at radius 3 is 2.50 bits per heavy atom. The number of hydrogen-bond acceptors (Lipinski definition) is 5. The largest absolute Gasteiger partial charge is 0.343 e. The lowest BCUT2D eigenvalue weighted by atomic mass is 9.83. The van der Waals surface area contributed by atoms with Gasteiger partial charge in [-0.05, 0) is 44.0 Å². The fraction of sp³-hybridized carbons (Fsp3) is 0.565. The van der Waals surface area contributed by atoms with Crippen molar-refractivity contribution in [2.75, 3.05) is 39.8 Å². The van der Waals surface area contributed by atoms with E-state index in [0.29, 0.717) is 31.7 Å². The van der Waals surface area contributed by atoms with Gasteiger partial charge in [-0.3, -0.25) is 14.4 Å². The maximum absolute atomic E-state index is 13.4. The van der Waals surface area contributed by atoms with E-state index in [1.807, 2.05) is 17.0 Å². The van der Waals surface area contributed by atoms with Crippen LogP contribution in [-0.2, 0) is 9.59 Å². The van der Waals surface area contributed by atoms with Gasteiger partial charge in [-0.2, -0.15) is 5.10 Å². The fourth-order valence-corrected chi connectivity index (χ4v) is 4.80. The van der Waals surface area contributed by atoms with Crippen LogP contribution in [0.3, 0.4) is 0 Å². The first-order valence-electron chi connectivity index (χ1n) is 11.5. The Morgan fingerprint density at radius 1 is 1.06 bits per heavy atom. The summed E-state index contributed by atoms with van der Waals surface area (Å²) in [5, 5.41) is 9.99. The number of nitrogens with zero attached hydrogens (tertiary/aromatic N) is 4. The zero-order chi connectivity index (χ0) is 22.5. The molecule has 2 N–H and O–H groups in total. The maximum Gasteiger partial charge on any atom is 0.254 e. The molecule has 4 rings (SSSR count). The van der Waals surface area contributed by atoms with Crippen LogP contribution in [0.1, 0.15) is 42.5 Å². The molecule has 9 heteroatoms. The van der Waals surface area contributed by atoms with Gasteiger partial charge in [-0.1, -0.05) is 19.3 Å². The second-order valence-corrected chi connectivity index (χ2v) is 8.71. The molecule has 32 heavy (non-hydrogen) atoms. The van der Waals surface area contributed by atoms with E-state index in [4.69, 9.17) is 0 Å². The van der Waals surface area contributed by atoms with Crippen molar-refractivity contribution in [3.8, 4) is 0 Å². The van der Waals surface area contributed by atoms with Crippen molar-refractivity contribution in [3.05, 3.63) is 36.2 Å². The summed E-state index contributed by atoms with van der Waals surface area (Å²) in [4.78, 5) is 42.2. The number of rotatable bonds is 6. The van der Waals surface area contributed by atoms with Gasteiger partial charge in [0, 0.05) is 44.1 Å². The number of amides is 3. The summed E-state index contributed by atoms with van der Waals surface area (Å²) in [6.45, 7) is 2.11. The molecular weight excluding hydrogens is 408 g/mol. The summed E-state index contributed by atoms with van der Waals surface area (Å²) in [5.41, 5.74) is 1.49. The highest BCUT2D eigenvalue weighted by Crippen LogP contribution is 2.27. The number of carbonyl (C=O) groups excluding carboxylic acids is 3. The fourth-order valence-electron chi connectivity index (χ4n) is 4.80. The Bertz CT molecular complexity index is 960. The molecule has 1 aliphatic carbocycles. The molecule has 2 fully saturated rings. The highest BCUT2D eigenvalue weighted by Gasteiger charge is 2.35. The molecule has 1 saturated carbocycles. The minimum atomic E-state index is -0.484. The first kappa shape index (κ1) is 22.3. The highest BCUT2D eigenvalue weighted by atomic mass is 16.2. The molecule has 0 aromatic carbocycles. The van der Waals surface area contributed by atoms with Crippen LogP contribution in [-0.4, -0.2) is 82.9 Å². The smallest absolute Gasteiger partial charge is 0.254 e. The van der Waals surface area contributed by atoms with Gasteiger partial charge in [0.25, 0.3) is 5.91 Å². The number of pyridine rings is 1. The number of aromatic nitrogens is 2. The number of likely N-dealkylation sites (N-methyl/N-ethyl adjacent to an activating group) is 1. The highest BCUT2D eigenvalue weighted by molar-refractivity contribution is 5.95. The average molecular weight is 441 g/mol. The van der Waals surface area contributed by atoms with Gasteiger partial charge in [0.05, 0.1) is 12.1 Å². The second kappa shape index (κ2) is 10.1. The van der Waals surface area contributed by atoms with Crippen LogP contribution in [0.2, 0.25) is 0 Å². The normalized spacial score (nSPS) is 18.5. The first-order valence-corrected chi connectivity index (χ1v) is 11.5. The molecule has 172 valence electrons. The topological polar surface area (TPSA) is 99.0 Å². The summed E-state index contributed by atoms with van der Waals surface area (Å²) in [5.74, 6) is -0.0271. The van der Waals surface area contributed by atoms with E-state index in [1.165, 1.54) is 6.42 Å². The number of piperazine rings is 1. The van der Waals surface area contributed by atoms with E-state index in [2.05, 4.69) is 15.7 Å². The summed E-state index contributed by atoms with van der Waals surface area (Å²) in [6, 6.07) is 4.99. The lowest BCUT2D eigenvalue weighted by Gasteiger charge is -2.39. The SMILES string of the molecule is CNCC(=O)NC(C(=O)N1CCN(C(=O)c2ccn3nccc3c2)CC1)C1CCCCC1. The minimum Gasteiger partial charge on any atom is -0.343 e. The second-order valence-electron chi connectivity index (χ2n) is 8.71. The molecular formula is C23H32N6O3. The lowest BCUT2D eigenvalue weighted by molar-refractivity contribution is -0.139. The van der Waals surface area contributed by atoms with Gasteiger partial charge in [0.15, 0.2) is 0 Å². The van der Waals surface area contributed by atoms with Crippen LogP contribution >= 0.6 is 0 Å². The van der Waals surface area contributed by atoms with Crippen molar-refractivity contribution in [1.82, 2.24) is 30.0 Å². The van der Waals surface area contributed by atoms with Crippen LogP contribution in [0.15, 0.2) is 30.6 Å². The molecule has 0 spiro atoms. The van der Waals surface area contributed by atoms with Crippen molar-refractivity contribution in [1.29, 1.82) is 0 Å². The molecule has 1 unspecified atom stereocenters. The van der Waals surface area contributed by atoms with Gasteiger partial charge in [0.1, 0.15) is 6.04 Å². The maximum atomic E-state index is 13.4. The predicted octanol–water partition coefficient (Wildman–Crippen LogP) is 0.903. The van der Waals surface area contributed by atoms with Crippen molar-refractivity contribution < 1.29 is 14.4 Å². The molecule has 3 heterocycles. The van der Waals surface area contributed by atoms with Gasteiger partial charge < -0.3 is 20.4 Å². The van der Waals surface area contributed by atoms with Gasteiger partial charge >= 0.3 is 0 Å². The standard InChI is InChI=1S/C23H32N6O3/c1-24-16-20(30)26-21(17-5-3-2-4-6-17)23(32)28-13-11-27(12-14-28)22(31)18-8-10-29-19(15-18)7-9-25-29/h7-10,15,17,21,24H,2-6,11-14,16H2,1H3,(H,26,30). The van der Waals surface area contributed by atoms with E-state index >= 15 is 0 Å². The van der Waals surface area contributed by atoms with E-state index in [-0.39, 0.29) is 30.2 Å². The molecule has 2 aromatic rings. The third-order valence-corrected chi connectivity index (χ3v) is 6.57. The Labute approximate surface area is 188 Å². The number of nitrogens with one attached hydrogen (secondary N) is 2. The van der Waals surface area contributed by atoms with E-state index in [0.717, 1.165) is 31.2 Å². The van der Waals surface area contributed by atoms with Crippen molar-refractivity contribution in [2.24, 2.45) is 5.92 Å². The Kier molecular flexibility index (Phi) is 7.04. The molecule has 2 aromatic heterocycles. The van der Waals surface area contributed by atoms with Crippen LogP contribution in [0.5, 0.6) is 0 Å². The number of carbonyl (C=O) groups is 3. The van der Waals surface area contributed by atoms with E-state index in [9.17, 15) is 14.4 Å². The van der Waals surface area contributed by atoms with Crippen LogP contribution in [0, 0.1) is 5.92 Å². The number of fused-ring (bicyclic) bond motifs is 1. The summed E-state index contributed by atoms with van der Waals surface area (Å²) in [7, 11) is 1.72. The lowest BCUT2D eigenvalue weighted by Crippen LogP contribution is -2.58. The van der Waals surface area contributed by atoms with E-state index in [1.54, 1.807) is 34.9 Å². The third-order valence-electron chi connectivity index (χ3n) is 6.57. The summed E-state index contributed by atoms with van der Waals surface area (Å²) >= 11 is 0. The van der Waals surface area contributed by atoms with Crippen LogP contribution < -0.4 is 10.6 Å². The zero-order valence-corrected chi connectivity index (χ0v) is 18.6. The summed E-state index contributed by atoms with van der Waals surface area (Å²) < 4.78 is 1.72. The summed E-state index contributed by atoms with van der Waals surface area (Å²) in [6.07, 6.45) is 8.79. The number of hydrogen-bond donors (Lipinski definition) is 2. The quantitative estimate of drug-likeness (QED) is 0.696. The molecule has 1 saturated heterocycles. The van der Waals surface area contributed by atoms with Crippen LogP contribution in [0.25, 0.3) is 5.52 Å². The molecule has 2 aliphatic rings. The molecule has 1 aliphatic heterocycles. The van der Waals surface area contributed by atoms with Gasteiger partial charge in [-0.15, -0.1) is 0 Å². The van der Waals surface area contributed by atoms with Crippen molar-refractivity contribution in [2.45, 2.75) is 38.1 Å². The van der Waals surface area contributed by atoms with Gasteiger partial charge in [-0.25, -0.2) is 4.52 Å². The van der Waals surface area contributed by atoms with E-state index < -0.39 is 6.04 Å². The monoisotopic (exact) mass is 440 g/mol. The molecule has 9 nitrogen and oxygen atoms in total. The Hall–Kier alpha value is -2.94. The molecule has 0 radical (unpaired) electrons. The van der Waals surface area contributed by atoms with Crippen LogP contribution in [0.4, 0.5) is 0 Å². The Morgan fingerprint density at radius 2 is 1.78 bits per heavy atom. The predicted molar refractivity (Wildman–Crippen MR) is 120 cm³/mol. The first-order chi connectivity index (χ1) is 15.6. The van der Waals surface area contributed by atoms with Crippen molar-refractivity contribution >= 4 is 23.2 Å². The minimum absolute atomic E-state index is 0.0193. The van der Waals surface area contributed by atoms with Crippen molar-refractivity contribution in [3.63, 3.8) is 0 Å². The molecule has 0 bridgehead atoms. The third kappa shape index (κ3) is 4.93. The Balaban J connectivity index is 1.38. The average Bonchev–Trinajstić information content (AvgIpc) is 3.30. The molecule has 1 atom stereocenters.